The van der Waals surface area contributed by atoms with Crippen LogP contribution in [0.2, 0.25) is 0 Å². The monoisotopic (exact) mass is 421 g/mol. The number of piperidine rings is 1. The molecule has 2 aliphatic heterocycles. The fourth-order valence-corrected chi connectivity index (χ4v) is 5.19. The van der Waals surface area contributed by atoms with Crippen LogP contribution >= 0.6 is 0 Å². The van der Waals surface area contributed by atoms with Crippen LogP contribution in [0.1, 0.15) is 61.3 Å². The number of carbonyl (C=O) groups is 1. The molecule has 166 valence electrons. The van der Waals surface area contributed by atoms with E-state index in [1.807, 2.05) is 13.8 Å². The predicted molar refractivity (Wildman–Crippen MR) is 123 cm³/mol. The van der Waals surface area contributed by atoms with E-state index >= 15 is 0 Å². The largest absolute Gasteiger partial charge is 0.489 e. The Labute approximate surface area is 186 Å². The summed E-state index contributed by atoms with van der Waals surface area (Å²) in [4.78, 5) is 14.5. The van der Waals surface area contributed by atoms with E-state index in [4.69, 9.17) is 9.47 Å². The lowest BCUT2D eigenvalue weighted by molar-refractivity contribution is -0.151. The minimum Gasteiger partial charge on any atom is -0.489 e. The Kier molecular flexibility index (Phi) is 6.38. The van der Waals surface area contributed by atoms with Gasteiger partial charge >= 0.3 is 5.97 Å². The fraction of sp³-hybridized carbons (Fsp3) is 0.519. The van der Waals surface area contributed by atoms with Gasteiger partial charge in [-0.3, -0.25) is 4.79 Å². The van der Waals surface area contributed by atoms with Crippen molar-refractivity contribution in [1.82, 2.24) is 4.90 Å². The van der Waals surface area contributed by atoms with Gasteiger partial charge in [0.1, 0.15) is 12.4 Å². The van der Waals surface area contributed by atoms with Crippen LogP contribution in [0.5, 0.6) is 5.75 Å². The Morgan fingerprint density at radius 3 is 2.61 bits per heavy atom. The van der Waals surface area contributed by atoms with Crippen molar-refractivity contribution in [2.24, 2.45) is 11.3 Å². The zero-order chi connectivity index (χ0) is 22.0. The van der Waals surface area contributed by atoms with Gasteiger partial charge in [0.15, 0.2) is 0 Å². The third-order valence-corrected chi connectivity index (χ3v) is 7.17. The van der Waals surface area contributed by atoms with Gasteiger partial charge in [0, 0.05) is 11.5 Å². The molecule has 2 aromatic carbocycles. The number of aryl methyl sites for hydroxylation is 1. The summed E-state index contributed by atoms with van der Waals surface area (Å²) in [6.07, 6.45) is 3.14. The molecule has 1 fully saturated rings. The molecule has 2 heterocycles. The number of fused-ring (bicyclic) bond motifs is 2. The lowest BCUT2D eigenvalue weighted by atomic mass is 9.74. The van der Waals surface area contributed by atoms with E-state index in [1.54, 1.807) is 0 Å². The van der Waals surface area contributed by atoms with Crippen LogP contribution in [-0.2, 0) is 16.1 Å². The topological polar surface area (TPSA) is 38.8 Å². The molecule has 0 saturated carbocycles. The molecule has 1 saturated heterocycles. The molecule has 0 bridgehead atoms. The summed E-state index contributed by atoms with van der Waals surface area (Å²) in [6.45, 7) is 9.84. The second kappa shape index (κ2) is 9.04. The van der Waals surface area contributed by atoms with E-state index in [1.165, 1.54) is 29.4 Å². The zero-order valence-corrected chi connectivity index (χ0v) is 19.3. The summed E-state index contributed by atoms with van der Waals surface area (Å²) in [7, 11) is 1.48. The second-order valence-corrected chi connectivity index (χ2v) is 9.81. The molecule has 0 N–H and O–H groups in total. The fourth-order valence-electron chi connectivity index (χ4n) is 5.19. The van der Waals surface area contributed by atoms with Gasteiger partial charge in [-0.1, -0.05) is 42.0 Å². The molecule has 4 rings (SSSR count). The molecular formula is C27H35NO3. The quantitative estimate of drug-likeness (QED) is 0.613. The van der Waals surface area contributed by atoms with Crippen LogP contribution in [0, 0.1) is 18.3 Å². The van der Waals surface area contributed by atoms with Crippen LogP contribution in [0.25, 0.3) is 0 Å². The first-order chi connectivity index (χ1) is 14.9. The number of para-hydroxylation sites is 1. The maximum Gasteiger partial charge on any atom is 0.311 e. The van der Waals surface area contributed by atoms with Crippen molar-refractivity contribution in [2.75, 3.05) is 26.7 Å². The molecule has 4 heteroatoms. The molecule has 1 unspecified atom stereocenters. The minimum atomic E-state index is -0.431. The van der Waals surface area contributed by atoms with E-state index < -0.39 is 5.41 Å². The van der Waals surface area contributed by atoms with Gasteiger partial charge in [0.2, 0.25) is 0 Å². The number of esters is 1. The average molecular weight is 422 g/mol. The number of nitrogens with zero attached hydrogens (tertiary/aromatic N) is 1. The molecule has 0 amide bonds. The highest BCUT2D eigenvalue weighted by atomic mass is 16.5. The van der Waals surface area contributed by atoms with Crippen LogP contribution in [0.4, 0.5) is 0 Å². The Bertz CT molecular complexity index is 928. The third kappa shape index (κ3) is 4.64. The van der Waals surface area contributed by atoms with Gasteiger partial charge in [-0.15, -0.1) is 0 Å². The number of rotatable bonds is 5. The van der Waals surface area contributed by atoms with E-state index in [0.29, 0.717) is 18.4 Å². The molecule has 2 aromatic rings. The van der Waals surface area contributed by atoms with Gasteiger partial charge in [-0.2, -0.15) is 0 Å². The first kappa shape index (κ1) is 21.9. The molecular weight excluding hydrogens is 386 g/mol. The van der Waals surface area contributed by atoms with Gasteiger partial charge in [0.05, 0.1) is 12.5 Å². The van der Waals surface area contributed by atoms with Crippen molar-refractivity contribution in [3.05, 3.63) is 64.7 Å². The summed E-state index contributed by atoms with van der Waals surface area (Å²) < 4.78 is 11.2. The summed E-state index contributed by atoms with van der Waals surface area (Å²) in [5.41, 5.74) is 4.94. The molecule has 0 spiro atoms. The molecule has 2 aliphatic rings. The first-order valence-corrected chi connectivity index (χ1v) is 11.5. The maximum atomic E-state index is 12.0. The van der Waals surface area contributed by atoms with Crippen LogP contribution in [-0.4, -0.2) is 37.6 Å². The van der Waals surface area contributed by atoms with Crippen LogP contribution < -0.4 is 4.74 Å². The normalized spacial score (nSPS) is 19.7. The number of hydrogen-bond acceptors (Lipinski definition) is 4. The summed E-state index contributed by atoms with van der Waals surface area (Å²) in [6, 6.07) is 15.4. The highest BCUT2D eigenvalue weighted by molar-refractivity contribution is 5.75. The number of benzene rings is 2. The zero-order valence-electron chi connectivity index (χ0n) is 19.3. The summed E-state index contributed by atoms with van der Waals surface area (Å²) in [5, 5.41) is 0. The van der Waals surface area contributed by atoms with Crippen LogP contribution in [0.3, 0.4) is 0 Å². The maximum absolute atomic E-state index is 12.0. The highest BCUT2D eigenvalue weighted by Gasteiger charge is 2.34. The van der Waals surface area contributed by atoms with Crippen LogP contribution in [0.15, 0.2) is 42.5 Å². The Hall–Kier alpha value is -2.33. The van der Waals surface area contributed by atoms with Gasteiger partial charge in [-0.05, 0) is 82.8 Å². The molecule has 31 heavy (non-hydrogen) atoms. The van der Waals surface area contributed by atoms with Crippen molar-refractivity contribution in [3.63, 3.8) is 0 Å². The molecule has 0 aromatic heterocycles. The summed E-state index contributed by atoms with van der Waals surface area (Å²) >= 11 is 0. The Morgan fingerprint density at radius 2 is 1.87 bits per heavy atom. The Balaban J connectivity index is 1.50. The number of likely N-dealkylation sites (tertiary alicyclic amines) is 1. The number of carbonyl (C=O) groups excluding carboxylic acids is 1. The number of ether oxygens (including phenoxy) is 2. The van der Waals surface area contributed by atoms with Crippen molar-refractivity contribution in [3.8, 4) is 5.75 Å². The van der Waals surface area contributed by atoms with E-state index in [0.717, 1.165) is 44.6 Å². The summed E-state index contributed by atoms with van der Waals surface area (Å²) in [5.74, 6) is 1.88. The first-order valence-electron chi connectivity index (χ1n) is 11.5. The van der Waals surface area contributed by atoms with E-state index in [9.17, 15) is 4.79 Å². The molecule has 4 nitrogen and oxygen atoms in total. The van der Waals surface area contributed by atoms with E-state index in [-0.39, 0.29) is 5.97 Å². The third-order valence-electron chi connectivity index (χ3n) is 7.17. The lowest BCUT2D eigenvalue weighted by Crippen LogP contribution is -2.39. The number of hydrogen-bond donors (Lipinski definition) is 0. The second-order valence-electron chi connectivity index (χ2n) is 9.81. The average Bonchev–Trinajstić information content (AvgIpc) is 2.94. The lowest BCUT2D eigenvalue weighted by Gasteiger charge is -2.37. The van der Waals surface area contributed by atoms with Crippen molar-refractivity contribution < 1.29 is 14.3 Å². The number of methoxy groups -OCH3 is 1. The highest BCUT2D eigenvalue weighted by Crippen LogP contribution is 2.45. The smallest absolute Gasteiger partial charge is 0.311 e. The molecule has 0 aliphatic carbocycles. The van der Waals surface area contributed by atoms with Crippen molar-refractivity contribution in [1.29, 1.82) is 0 Å². The Morgan fingerprint density at radius 1 is 1.13 bits per heavy atom. The van der Waals surface area contributed by atoms with E-state index in [2.05, 4.69) is 54.3 Å². The van der Waals surface area contributed by atoms with Gasteiger partial charge in [0.25, 0.3) is 0 Å². The predicted octanol–water partition coefficient (Wildman–Crippen LogP) is 5.32. The SMILES string of the molecule is COC(=O)C(C)(C)CCN1CCC(C2c3ccc(C)cc3COc3ccccc32)CC1. The van der Waals surface area contributed by atoms with Crippen molar-refractivity contribution in [2.45, 2.75) is 52.6 Å². The van der Waals surface area contributed by atoms with Gasteiger partial charge in [-0.25, -0.2) is 0 Å². The minimum absolute atomic E-state index is 0.121. The van der Waals surface area contributed by atoms with Crippen molar-refractivity contribution >= 4 is 5.97 Å². The van der Waals surface area contributed by atoms with Gasteiger partial charge < -0.3 is 14.4 Å². The molecule has 1 atom stereocenters. The molecule has 0 radical (unpaired) electrons. The standard InChI is InChI=1S/C27H35NO3/c1-19-9-10-22-21(17-19)18-31-24-8-6-5-7-23(24)25(22)20-11-14-28(15-12-20)16-13-27(2,3)26(29)30-4/h5-10,17,20,25H,11-16,18H2,1-4H3.